The van der Waals surface area contributed by atoms with Gasteiger partial charge in [0.05, 0.1) is 12.5 Å². The van der Waals surface area contributed by atoms with Gasteiger partial charge >= 0.3 is 5.97 Å². The summed E-state index contributed by atoms with van der Waals surface area (Å²) >= 11 is 0. The standard InChI is InChI=1S/C12H15NO3/c1-16-11(15)12(6-9(13)7-12)8-3-2-4-10(14)5-8/h2-5,9,14H,6-7,13H2,1H3. The fourth-order valence-electron chi connectivity index (χ4n) is 2.35. The molecule has 1 saturated carbocycles. The largest absolute Gasteiger partial charge is 0.508 e. The van der Waals surface area contributed by atoms with Crippen LogP contribution in [0.25, 0.3) is 0 Å². The molecule has 0 heterocycles. The second-order valence-corrected chi connectivity index (χ2v) is 4.29. The number of nitrogens with two attached hydrogens (primary N) is 1. The van der Waals surface area contributed by atoms with E-state index in [4.69, 9.17) is 10.5 Å². The van der Waals surface area contributed by atoms with Crippen LogP contribution in [0.15, 0.2) is 24.3 Å². The van der Waals surface area contributed by atoms with E-state index in [1.165, 1.54) is 7.11 Å². The Balaban J connectivity index is 2.37. The van der Waals surface area contributed by atoms with Crippen molar-refractivity contribution in [3.8, 4) is 5.75 Å². The van der Waals surface area contributed by atoms with Crippen LogP contribution >= 0.6 is 0 Å². The first-order valence-corrected chi connectivity index (χ1v) is 5.22. The Morgan fingerprint density at radius 1 is 1.56 bits per heavy atom. The summed E-state index contributed by atoms with van der Waals surface area (Å²) in [5.41, 5.74) is 5.87. The topological polar surface area (TPSA) is 72.5 Å². The highest BCUT2D eigenvalue weighted by Crippen LogP contribution is 2.44. The Kier molecular flexibility index (Phi) is 2.59. The minimum absolute atomic E-state index is 0.0291. The minimum atomic E-state index is -0.660. The summed E-state index contributed by atoms with van der Waals surface area (Å²) in [6, 6.07) is 6.75. The Morgan fingerprint density at radius 3 is 2.75 bits per heavy atom. The Morgan fingerprint density at radius 2 is 2.25 bits per heavy atom. The second kappa shape index (κ2) is 3.79. The average molecular weight is 221 g/mol. The minimum Gasteiger partial charge on any atom is -0.508 e. The van der Waals surface area contributed by atoms with E-state index in [-0.39, 0.29) is 17.8 Å². The van der Waals surface area contributed by atoms with Crippen molar-refractivity contribution in [3.05, 3.63) is 29.8 Å². The maximum atomic E-state index is 11.8. The second-order valence-electron chi connectivity index (χ2n) is 4.29. The number of carbonyl (C=O) groups is 1. The summed E-state index contributed by atoms with van der Waals surface area (Å²) in [4.78, 5) is 11.8. The molecule has 1 aliphatic rings. The van der Waals surface area contributed by atoms with Crippen LogP contribution in [0, 0.1) is 0 Å². The highest BCUT2D eigenvalue weighted by atomic mass is 16.5. The third kappa shape index (κ3) is 1.55. The van der Waals surface area contributed by atoms with E-state index in [1.54, 1.807) is 18.2 Å². The van der Waals surface area contributed by atoms with Gasteiger partial charge in [-0.05, 0) is 30.5 Å². The molecule has 0 atom stereocenters. The highest BCUT2D eigenvalue weighted by molar-refractivity contribution is 5.85. The van der Waals surface area contributed by atoms with Gasteiger partial charge in [0, 0.05) is 6.04 Å². The van der Waals surface area contributed by atoms with Crippen molar-refractivity contribution in [1.29, 1.82) is 0 Å². The average Bonchev–Trinajstić information content (AvgIpc) is 2.23. The molecule has 4 nitrogen and oxygen atoms in total. The van der Waals surface area contributed by atoms with Crippen LogP contribution < -0.4 is 5.73 Å². The lowest BCUT2D eigenvalue weighted by Gasteiger charge is -2.43. The molecule has 2 rings (SSSR count). The molecular weight excluding hydrogens is 206 g/mol. The first-order valence-electron chi connectivity index (χ1n) is 5.22. The molecule has 3 N–H and O–H groups in total. The number of phenols is 1. The smallest absolute Gasteiger partial charge is 0.316 e. The first-order chi connectivity index (χ1) is 7.58. The molecule has 16 heavy (non-hydrogen) atoms. The van der Waals surface area contributed by atoms with E-state index in [1.807, 2.05) is 6.07 Å². The molecule has 1 aliphatic carbocycles. The molecule has 86 valence electrons. The van der Waals surface area contributed by atoms with Crippen molar-refractivity contribution < 1.29 is 14.6 Å². The third-order valence-electron chi connectivity index (χ3n) is 3.20. The van der Waals surface area contributed by atoms with E-state index in [2.05, 4.69) is 0 Å². The molecule has 0 saturated heterocycles. The monoisotopic (exact) mass is 221 g/mol. The number of ether oxygens (including phenoxy) is 1. The lowest BCUT2D eigenvalue weighted by molar-refractivity contribution is -0.152. The number of aromatic hydroxyl groups is 1. The van der Waals surface area contributed by atoms with Crippen LogP contribution in [-0.4, -0.2) is 24.2 Å². The van der Waals surface area contributed by atoms with Crippen molar-refractivity contribution in [1.82, 2.24) is 0 Å². The van der Waals surface area contributed by atoms with Gasteiger partial charge in [-0.25, -0.2) is 0 Å². The zero-order chi connectivity index (χ0) is 11.8. The summed E-state index contributed by atoms with van der Waals surface area (Å²) in [6.07, 6.45) is 1.15. The SMILES string of the molecule is COC(=O)C1(c2cccc(O)c2)CC(N)C1. The summed E-state index contributed by atoms with van der Waals surface area (Å²) < 4.78 is 4.82. The predicted molar refractivity (Wildman–Crippen MR) is 59.0 cm³/mol. The highest BCUT2D eigenvalue weighted by Gasteiger charge is 2.51. The van der Waals surface area contributed by atoms with Gasteiger partial charge < -0.3 is 15.6 Å². The van der Waals surface area contributed by atoms with E-state index in [0.717, 1.165) is 5.56 Å². The van der Waals surface area contributed by atoms with E-state index < -0.39 is 5.41 Å². The van der Waals surface area contributed by atoms with Crippen LogP contribution in [0.1, 0.15) is 18.4 Å². The number of phenolic OH excluding ortho intramolecular Hbond substituents is 1. The number of esters is 1. The number of hydrogen-bond acceptors (Lipinski definition) is 4. The van der Waals surface area contributed by atoms with Crippen molar-refractivity contribution >= 4 is 5.97 Å². The van der Waals surface area contributed by atoms with Gasteiger partial charge in [0.25, 0.3) is 0 Å². The lowest BCUT2D eigenvalue weighted by Crippen LogP contribution is -2.54. The molecular formula is C12H15NO3. The van der Waals surface area contributed by atoms with Gasteiger partial charge in [-0.3, -0.25) is 4.79 Å². The molecule has 0 radical (unpaired) electrons. The fourth-order valence-corrected chi connectivity index (χ4v) is 2.35. The molecule has 0 spiro atoms. The molecule has 0 unspecified atom stereocenters. The van der Waals surface area contributed by atoms with Crippen LogP contribution in [0.4, 0.5) is 0 Å². The summed E-state index contributed by atoms with van der Waals surface area (Å²) in [5, 5.41) is 9.43. The molecule has 1 fully saturated rings. The zero-order valence-electron chi connectivity index (χ0n) is 9.14. The quantitative estimate of drug-likeness (QED) is 0.728. The van der Waals surface area contributed by atoms with Gasteiger partial charge in [0.1, 0.15) is 5.75 Å². The normalized spacial score (nSPS) is 28.2. The molecule has 0 aromatic heterocycles. The summed E-state index contributed by atoms with van der Waals surface area (Å²) in [7, 11) is 1.37. The van der Waals surface area contributed by atoms with Gasteiger partial charge in [-0.15, -0.1) is 0 Å². The molecule has 0 amide bonds. The van der Waals surface area contributed by atoms with Gasteiger partial charge in [0.2, 0.25) is 0 Å². The van der Waals surface area contributed by atoms with E-state index in [9.17, 15) is 9.90 Å². The van der Waals surface area contributed by atoms with E-state index >= 15 is 0 Å². The van der Waals surface area contributed by atoms with Crippen LogP contribution in [0.3, 0.4) is 0 Å². The number of hydrogen-bond donors (Lipinski definition) is 2. The Bertz CT molecular complexity index is 410. The third-order valence-corrected chi connectivity index (χ3v) is 3.20. The van der Waals surface area contributed by atoms with Crippen molar-refractivity contribution in [2.75, 3.05) is 7.11 Å². The van der Waals surface area contributed by atoms with Crippen molar-refractivity contribution in [2.45, 2.75) is 24.3 Å². The maximum absolute atomic E-state index is 11.8. The van der Waals surface area contributed by atoms with Crippen molar-refractivity contribution in [3.63, 3.8) is 0 Å². The van der Waals surface area contributed by atoms with Crippen molar-refractivity contribution in [2.24, 2.45) is 5.73 Å². The summed E-state index contributed by atoms with van der Waals surface area (Å²) in [6.45, 7) is 0. The van der Waals surface area contributed by atoms with Gasteiger partial charge in [-0.1, -0.05) is 12.1 Å². The summed E-state index contributed by atoms with van der Waals surface area (Å²) in [5.74, 6) is -0.124. The zero-order valence-corrected chi connectivity index (χ0v) is 9.14. The maximum Gasteiger partial charge on any atom is 0.316 e. The molecule has 1 aromatic carbocycles. The molecule has 0 bridgehead atoms. The number of methoxy groups -OCH3 is 1. The van der Waals surface area contributed by atoms with Gasteiger partial charge in [0.15, 0.2) is 0 Å². The number of carbonyl (C=O) groups excluding carboxylic acids is 1. The van der Waals surface area contributed by atoms with E-state index in [0.29, 0.717) is 12.8 Å². The predicted octanol–water partition coefficient (Wildman–Crippen LogP) is 0.924. The number of benzene rings is 1. The van der Waals surface area contributed by atoms with Crippen LogP contribution in [-0.2, 0) is 14.9 Å². The number of rotatable bonds is 2. The molecule has 4 heteroatoms. The van der Waals surface area contributed by atoms with Gasteiger partial charge in [-0.2, -0.15) is 0 Å². The molecule has 0 aliphatic heterocycles. The first kappa shape index (κ1) is 11.0. The van der Waals surface area contributed by atoms with Crippen LogP contribution in [0.5, 0.6) is 5.75 Å². The Labute approximate surface area is 94.0 Å². The Hall–Kier alpha value is -1.55. The fraction of sp³-hybridized carbons (Fsp3) is 0.417. The van der Waals surface area contributed by atoms with Crippen LogP contribution in [0.2, 0.25) is 0 Å². The molecule has 1 aromatic rings. The lowest BCUT2D eigenvalue weighted by atomic mass is 9.62.